The third-order valence-electron chi connectivity index (χ3n) is 4.35. The van der Waals surface area contributed by atoms with Crippen molar-refractivity contribution in [1.82, 2.24) is 9.97 Å². The van der Waals surface area contributed by atoms with Crippen molar-refractivity contribution in [3.8, 4) is 0 Å². The molecule has 2 radical (unpaired) electrons. The number of hydrogen-bond acceptors (Lipinski definition) is 8. The Morgan fingerprint density at radius 1 is 0.460 bits per heavy atom. The van der Waals surface area contributed by atoms with Crippen LogP contribution in [-0.2, 0) is 53.3 Å². The largest absolute Gasteiger partial charge is 0.481 e. The van der Waals surface area contributed by atoms with E-state index in [0.29, 0.717) is 11.1 Å². The van der Waals surface area contributed by atoms with Crippen LogP contribution >= 0.6 is 0 Å². The van der Waals surface area contributed by atoms with Crippen LogP contribution in [-0.4, -0.2) is 65.8 Å². The topological polar surface area (TPSA) is 209 Å². The van der Waals surface area contributed by atoms with E-state index in [4.69, 9.17) is 39.6 Å². The van der Waals surface area contributed by atoms with Crippen molar-refractivity contribution in [1.29, 1.82) is 0 Å². The third kappa shape index (κ3) is 36.9. The van der Waals surface area contributed by atoms with Gasteiger partial charge in [-0.1, -0.05) is 72.8 Å². The van der Waals surface area contributed by atoms with Gasteiger partial charge in [-0.05, 0) is 47.5 Å². The second-order valence-electron chi connectivity index (χ2n) is 8.78. The fourth-order valence-corrected chi connectivity index (χ4v) is 2.68. The number of carboxylic acids is 4. The van der Waals surface area contributed by atoms with E-state index in [1.54, 1.807) is 73.4 Å². The van der Waals surface area contributed by atoms with Crippen molar-refractivity contribution in [2.75, 3.05) is 0 Å². The quantitative estimate of drug-likeness (QED) is 0.0963. The summed E-state index contributed by atoms with van der Waals surface area (Å²) in [7, 11) is 0. The minimum absolute atomic E-state index is 0. The number of carbonyl (C=O) groups excluding carboxylic acids is 2. The number of rotatable bonds is 6. The second-order valence-corrected chi connectivity index (χ2v) is 8.78. The van der Waals surface area contributed by atoms with E-state index >= 15 is 0 Å². The first-order valence-corrected chi connectivity index (χ1v) is 13.8. The zero-order valence-corrected chi connectivity index (χ0v) is 29.3. The van der Waals surface area contributed by atoms with Gasteiger partial charge in [0.05, 0.1) is 0 Å². The molecule has 0 bridgehead atoms. The normalized spacial score (nSPS) is 8.72. The van der Waals surface area contributed by atoms with Crippen LogP contribution in [0.4, 0.5) is 0 Å². The van der Waals surface area contributed by atoms with Crippen molar-refractivity contribution in [3.05, 3.63) is 144 Å². The number of benzene rings is 2. The van der Waals surface area contributed by atoms with Crippen LogP contribution in [0.1, 0.15) is 59.5 Å². The van der Waals surface area contributed by atoms with Crippen LogP contribution in [0, 0.1) is 0 Å². The molecule has 274 valence electrons. The zero-order chi connectivity index (χ0) is 36.7. The molecule has 0 unspecified atom stereocenters. The Morgan fingerprint density at radius 3 is 0.940 bits per heavy atom. The maximum absolute atomic E-state index is 11.7. The van der Waals surface area contributed by atoms with Crippen molar-refractivity contribution in [2.45, 2.75) is 27.7 Å². The van der Waals surface area contributed by atoms with Gasteiger partial charge in [0.2, 0.25) is 0 Å². The second kappa shape index (κ2) is 33.4. The Bertz CT molecular complexity index is 1430. The Kier molecular flexibility index (Phi) is 34.3. The predicted molar refractivity (Wildman–Crippen MR) is 181 cm³/mol. The maximum Gasteiger partial charge on any atom is 0.300 e. The van der Waals surface area contributed by atoms with Gasteiger partial charge in [0, 0.05) is 97.7 Å². The van der Waals surface area contributed by atoms with E-state index < -0.39 is 23.9 Å². The first kappa shape index (κ1) is 51.3. The summed E-state index contributed by atoms with van der Waals surface area (Å²) in [5.41, 5.74) is 3.24. The van der Waals surface area contributed by atoms with Gasteiger partial charge in [-0.3, -0.25) is 38.7 Å². The number of aliphatic carboxylic acids is 4. The average molecular weight is 786 g/mol. The molecule has 2 heterocycles. The van der Waals surface area contributed by atoms with E-state index in [0.717, 1.165) is 38.8 Å². The number of nitrogens with zero attached hydrogens (tertiary/aromatic N) is 2. The number of hydrogen-bond donors (Lipinski definition) is 4. The molecular weight excluding hydrogens is 747 g/mol. The van der Waals surface area contributed by atoms with Gasteiger partial charge in [-0.2, -0.15) is 0 Å². The Balaban J connectivity index is -0.000000290. The Labute approximate surface area is 311 Å². The molecule has 0 amide bonds. The molecule has 4 N–H and O–H groups in total. The van der Waals surface area contributed by atoms with E-state index in [2.05, 4.69) is 9.97 Å². The molecular formula is C36H38Cu2N2O10. The van der Waals surface area contributed by atoms with Gasteiger partial charge in [0.1, 0.15) is 0 Å². The van der Waals surface area contributed by atoms with Crippen molar-refractivity contribution in [2.24, 2.45) is 0 Å². The SMILES string of the molecule is CC(=O)O.CC(=O)O.CC(=O)O.CC(=O)O.O=C(/C=C/c1ccccc1)c1cccnc1.O=C(/C=C/c1ccccc1)c1cccnc1.[Cu].[Cu]. The molecule has 2 aromatic carbocycles. The fraction of sp³-hybridized carbons (Fsp3) is 0.111. The number of aromatic nitrogens is 2. The molecule has 12 nitrogen and oxygen atoms in total. The molecule has 0 fully saturated rings. The van der Waals surface area contributed by atoms with Crippen LogP contribution in [0.15, 0.2) is 122 Å². The first-order valence-electron chi connectivity index (χ1n) is 13.8. The summed E-state index contributed by atoms with van der Waals surface area (Å²) >= 11 is 0. The number of pyridine rings is 2. The maximum atomic E-state index is 11.7. The molecule has 0 spiro atoms. The minimum Gasteiger partial charge on any atom is -0.481 e. The predicted octanol–water partition coefficient (Wildman–Crippen LogP) is 6.31. The Hall–Kier alpha value is -5.52. The summed E-state index contributed by atoms with van der Waals surface area (Å²) in [6, 6.07) is 26.5. The van der Waals surface area contributed by atoms with E-state index in [-0.39, 0.29) is 45.7 Å². The molecule has 0 aliphatic heterocycles. The van der Waals surface area contributed by atoms with E-state index in [1.807, 2.05) is 60.7 Å². The van der Waals surface area contributed by atoms with Gasteiger partial charge in [-0.15, -0.1) is 0 Å². The molecule has 0 aliphatic rings. The van der Waals surface area contributed by atoms with E-state index in [9.17, 15) is 9.59 Å². The Morgan fingerprint density at radius 2 is 0.720 bits per heavy atom. The molecule has 14 heteroatoms. The van der Waals surface area contributed by atoms with Gasteiger partial charge < -0.3 is 20.4 Å². The number of carboxylic acid groups (broad SMARTS) is 4. The molecule has 4 rings (SSSR count). The molecule has 4 aromatic rings. The van der Waals surface area contributed by atoms with Gasteiger partial charge in [0.15, 0.2) is 11.6 Å². The van der Waals surface area contributed by atoms with Crippen LogP contribution in [0.3, 0.4) is 0 Å². The van der Waals surface area contributed by atoms with Gasteiger partial charge >= 0.3 is 0 Å². The van der Waals surface area contributed by atoms with Crippen LogP contribution in [0.5, 0.6) is 0 Å². The van der Waals surface area contributed by atoms with Crippen LogP contribution in [0.25, 0.3) is 12.2 Å². The van der Waals surface area contributed by atoms with Crippen LogP contribution in [0.2, 0.25) is 0 Å². The van der Waals surface area contributed by atoms with Crippen molar-refractivity contribution < 1.29 is 83.3 Å². The fourth-order valence-electron chi connectivity index (χ4n) is 2.68. The van der Waals surface area contributed by atoms with E-state index in [1.165, 1.54) is 0 Å². The monoisotopic (exact) mass is 784 g/mol. The van der Waals surface area contributed by atoms with Crippen LogP contribution < -0.4 is 0 Å². The number of carbonyl (C=O) groups is 6. The molecule has 50 heavy (non-hydrogen) atoms. The first-order chi connectivity index (χ1) is 22.6. The summed E-state index contributed by atoms with van der Waals surface area (Å²) in [6.45, 7) is 4.33. The summed E-state index contributed by atoms with van der Waals surface area (Å²) < 4.78 is 0. The third-order valence-corrected chi connectivity index (χ3v) is 4.35. The standard InChI is InChI=1S/2C14H11NO.4C2H4O2.2Cu/c2*16-14(13-7-4-10-15-11-13)9-8-12-5-2-1-3-6-12;4*1-2(3)4;;/h2*1-11H;4*1H3,(H,3,4);;/b2*9-8+;;;;;;. The molecule has 0 saturated carbocycles. The number of ketones is 2. The minimum atomic E-state index is -0.833. The van der Waals surface area contributed by atoms with Crippen molar-refractivity contribution in [3.63, 3.8) is 0 Å². The molecule has 0 aliphatic carbocycles. The summed E-state index contributed by atoms with van der Waals surface area (Å²) in [6.07, 6.45) is 13.2. The molecule has 0 atom stereocenters. The van der Waals surface area contributed by atoms with Gasteiger partial charge in [0.25, 0.3) is 23.9 Å². The summed E-state index contributed by atoms with van der Waals surface area (Å²) in [5, 5.41) is 29.7. The van der Waals surface area contributed by atoms with Gasteiger partial charge in [-0.25, -0.2) is 0 Å². The molecule has 2 aromatic heterocycles. The summed E-state index contributed by atoms with van der Waals surface area (Å²) in [5.74, 6) is -3.39. The zero-order valence-electron chi connectivity index (χ0n) is 27.4. The smallest absolute Gasteiger partial charge is 0.300 e. The van der Waals surface area contributed by atoms with Crippen molar-refractivity contribution >= 4 is 47.6 Å². The number of allylic oxidation sites excluding steroid dienone is 2. The molecule has 0 saturated heterocycles. The summed E-state index contributed by atoms with van der Waals surface area (Å²) in [4.78, 5) is 67.2. The average Bonchev–Trinajstić information content (AvgIpc) is 3.03.